The van der Waals surface area contributed by atoms with Gasteiger partial charge in [0, 0.05) is 13.1 Å². The number of nitrogens with one attached hydrogen (secondary N) is 2. The molecular weight excluding hydrogens is 359 g/mol. The second kappa shape index (κ2) is 7.94. The van der Waals surface area contributed by atoms with Crippen LogP contribution in [0.3, 0.4) is 0 Å². The highest BCUT2D eigenvalue weighted by atomic mass is 32.2. The van der Waals surface area contributed by atoms with Gasteiger partial charge in [0.25, 0.3) is 0 Å². The Morgan fingerprint density at radius 2 is 2.16 bits per heavy atom. The van der Waals surface area contributed by atoms with Crippen molar-refractivity contribution < 1.29 is 26.3 Å². The van der Waals surface area contributed by atoms with Crippen LogP contribution in [0.5, 0.6) is 5.75 Å². The Morgan fingerprint density at radius 1 is 1.40 bits per heavy atom. The minimum Gasteiger partial charge on any atom is -0.492 e. The van der Waals surface area contributed by atoms with E-state index in [-0.39, 0.29) is 29.9 Å². The van der Waals surface area contributed by atoms with Crippen LogP contribution in [0.2, 0.25) is 0 Å². The quantitative estimate of drug-likeness (QED) is 0.460. The van der Waals surface area contributed by atoms with E-state index in [1.54, 1.807) is 7.05 Å². The number of alkyl halides is 3. The van der Waals surface area contributed by atoms with Crippen molar-refractivity contribution in [1.82, 2.24) is 10.6 Å². The van der Waals surface area contributed by atoms with Crippen molar-refractivity contribution in [3.63, 3.8) is 0 Å². The molecule has 1 atom stereocenters. The van der Waals surface area contributed by atoms with Gasteiger partial charge in [-0.3, -0.25) is 4.99 Å². The molecule has 1 unspecified atom stereocenters. The zero-order valence-electron chi connectivity index (χ0n) is 13.6. The summed E-state index contributed by atoms with van der Waals surface area (Å²) in [4.78, 5) is 3.99. The van der Waals surface area contributed by atoms with E-state index >= 15 is 0 Å². The van der Waals surface area contributed by atoms with E-state index in [1.165, 1.54) is 12.1 Å². The van der Waals surface area contributed by atoms with Gasteiger partial charge < -0.3 is 15.4 Å². The molecule has 2 N–H and O–H groups in total. The van der Waals surface area contributed by atoms with Crippen molar-refractivity contribution in [1.29, 1.82) is 0 Å². The molecule has 2 rings (SSSR count). The summed E-state index contributed by atoms with van der Waals surface area (Å²) in [5.41, 5.74) is -0.766. The third-order valence-electron chi connectivity index (χ3n) is 3.62. The Balaban J connectivity index is 1.76. The molecule has 10 heteroatoms. The van der Waals surface area contributed by atoms with E-state index in [1.807, 2.05) is 0 Å². The average Bonchev–Trinajstić information content (AvgIpc) is 2.88. The van der Waals surface area contributed by atoms with E-state index in [4.69, 9.17) is 4.74 Å². The molecule has 0 aliphatic carbocycles. The van der Waals surface area contributed by atoms with Gasteiger partial charge in [-0.1, -0.05) is 6.07 Å². The molecule has 0 amide bonds. The molecule has 1 fully saturated rings. The molecule has 0 spiro atoms. The Morgan fingerprint density at radius 3 is 2.76 bits per heavy atom. The van der Waals surface area contributed by atoms with Crippen molar-refractivity contribution >= 4 is 15.8 Å². The van der Waals surface area contributed by atoms with Crippen LogP contribution in [0.25, 0.3) is 0 Å². The zero-order valence-corrected chi connectivity index (χ0v) is 14.5. The van der Waals surface area contributed by atoms with Crippen LogP contribution in [-0.4, -0.2) is 52.1 Å². The summed E-state index contributed by atoms with van der Waals surface area (Å²) >= 11 is 0. The van der Waals surface area contributed by atoms with Crippen LogP contribution in [0.1, 0.15) is 12.0 Å². The number of hydrogen-bond acceptors (Lipinski definition) is 4. The summed E-state index contributed by atoms with van der Waals surface area (Å²) < 4.78 is 66.0. The van der Waals surface area contributed by atoms with Crippen molar-refractivity contribution in [2.45, 2.75) is 18.6 Å². The Hall–Kier alpha value is -1.97. The minimum absolute atomic E-state index is 0.0639. The van der Waals surface area contributed by atoms with Crippen LogP contribution in [0.4, 0.5) is 13.2 Å². The van der Waals surface area contributed by atoms with Gasteiger partial charge in [-0.25, -0.2) is 8.42 Å². The van der Waals surface area contributed by atoms with E-state index in [9.17, 15) is 21.6 Å². The van der Waals surface area contributed by atoms with Gasteiger partial charge in [-0.15, -0.1) is 0 Å². The molecule has 0 saturated carbocycles. The molecule has 6 nitrogen and oxygen atoms in total. The van der Waals surface area contributed by atoms with Crippen LogP contribution in [-0.2, 0) is 16.0 Å². The van der Waals surface area contributed by atoms with Crippen molar-refractivity contribution in [3.8, 4) is 5.75 Å². The van der Waals surface area contributed by atoms with E-state index < -0.39 is 21.6 Å². The van der Waals surface area contributed by atoms with Crippen LogP contribution in [0, 0.1) is 0 Å². The first-order valence-electron chi connectivity index (χ1n) is 7.67. The maximum Gasteiger partial charge on any atom is 0.416 e. The lowest BCUT2D eigenvalue weighted by molar-refractivity contribution is -0.137. The first kappa shape index (κ1) is 19.4. The third kappa shape index (κ3) is 6.11. The van der Waals surface area contributed by atoms with E-state index in [0.717, 1.165) is 12.1 Å². The monoisotopic (exact) mass is 379 g/mol. The van der Waals surface area contributed by atoms with Crippen LogP contribution in [0.15, 0.2) is 29.3 Å². The largest absolute Gasteiger partial charge is 0.492 e. The predicted octanol–water partition coefficient (Wildman–Crippen LogP) is 1.44. The fourth-order valence-corrected chi connectivity index (χ4v) is 4.07. The number of guanidine groups is 1. The molecular formula is C15H20F3N3O3S. The lowest BCUT2D eigenvalue weighted by Gasteiger charge is -2.16. The number of benzene rings is 1. The molecule has 140 valence electrons. The van der Waals surface area contributed by atoms with Gasteiger partial charge in [-0.2, -0.15) is 13.2 Å². The van der Waals surface area contributed by atoms with Gasteiger partial charge in [0.15, 0.2) is 15.8 Å². The van der Waals surface area contributed by atoms with Crippen molar-refractivity contribution in [2.24, 2.45) is 4.99 Å². The number of sulfone groups is 1. The zero-order chi connectivity index (χ0) is 18.5. The smallest absolute Gasteiger partial charge is 0.416 e. The highest BCUT2D eigenvalue weighted by Gasteiger charge is 2.30. The van der Waals surface area contributed by atoms with Crippen LogP contribution < -0.4 is 15.4 Å². The lowest BCUT2D eigenvalue weighted by atomic mass is 10.2. The molecule has 1 aromatic rings. The summed E-state index contributed by atoms with van der Waals surface area (Å²) in [7, 11) is -1.44. The molecule has 0 radical (unpaired) electrons. The first-order valence-corrected chi connectivity index (χ1v) is 9.49. The number of rotatable bonds is 5. The van der Waals surface area contributed by atoms with Gasteiger partial charge in [0.1, 0.15) is 12.4 Å². The highest BCUT2D eigenvalue weighted by molar-refractivity contribution is 7.91. The average molecular weight is 379 g/mol. The molecule has 1 aliphatic rings. The maximum atomic E-state index is 12.6. The van der Waals surface area contributed by atoms with Crippen molar-refractivity contribution in [3.05, 3.63) is 29.8 Å². The number of hydrogen-bond donors (Lipinski definition) is 2. The van der Waals surface area contributed by atoms with Gasteiger partial charge in [0.2, 0.25) is 0 Å². The Labute approximate surface area is 144 Å². The summed E-state index contributed by atoms with van der Waals surface area (Å²) in [5.74, 6) is 0.769. The number of nitrogens with zero attached hydrogens (tertiary/aromatic N) is 1. The third-order valence-corrected chi connectivity index (χ3v) is 5.39. The lowest BCUT2D eigenvalue weighted by Crippen LogP contribution is -2.45. The second-order valence-electron chi connectivity index (χ2n) is 5.62. The summed E-state index contributed by atoms with van der Waals surface area (Å²) in [6.07, 6.45) is -3.89. The molecule has 1 saturated heterocycles. The standard InChI is InChI=1S/C15H20F3N3O3S/c1-19-14(21-12-5-8-25(22,23)10-12)20-6-7-24-13-4-2-3-11(9-13)15(16,17)18/h2-4,9,12H,5-8,10H2,1H3,(H2,19,20,21). The fraction of sp³-hybridized carbons (Fsp3) is 0.533. The molecule has 0 bridgehead atoms. The number of aliphatic imine (C=N–C) groups is 1. The SMILES string of the molecule is CN=C(NCCOc1cccc(C(F)(F)F)c1)NC1CCS(=O)(=O)C1. The molecule has 25 heavy (non-hydrogen) atoms. The first-order chi connectivity index (χ1) is 11.7. The normalized spacial score (nSPS) is 20.3. The molecule has 0 aromatic heterocycles. The van der Waals surface area contributed by atoms with Gasteiger partial charge >= 0.3 is 6.18 Å². The Bertz CT molecular complexity index is 720. The minimum atomic E-state index is -4.41. The van der Waals surface area contributed by atoms with Crippen LogP contribution >= 0.6 is 0 Å². The summed E-state index contributed by atoms with van der Waals surface area (Å²) in [5, 5.41) is 5.94. The topological polar surface area (TPSA) is 79.8 Å². The maximum absolute atomic E-state index is 12.6. The highest BCUT2D eigenvalue weighted by Crippen LogP contribution is 2.31. The fourth-order valence-electron chi connectivity index (χ4n) is 2.40. The summed E-state index contributed by atoms with van der Waals surface area (Å²) in [6, 6.07) is 4.46. The van der Waals surface area contributed by atoms with Gasteiger partial charge in [0.05, 0.1) is 23.6 Å². The van der Waals surface area contributed by atoms with E-state index in [2.05, 4.69) is 15.6 Å². The van der Waals surface area contributed by atoms with E-state index in [0.29, 0.717) is 18.9 Å². The Kier molecular flexibility index (Phi) is 6.15. The summed E-state index contributed by atoms with van der Waals surface area (Å²) in [6.45, 7) is 0.431. The predicted molar refractivity (Wildman–Crippen MR) is 88.5 cm³/mol. The molecule has 1 heterocycles. The number of halogens is 3. The second-order valence-corrected chi connectivity index (χ2v) is 7.85. The van der Waals surface area contributed by atoms with Crippen molar-refractivity contribution in [2.75, 3.05) is 31.7 Å². The van der Waals surface area contributed by atoms with Gasteiger partial charge in [-0.05, 0) is 24.6 Å². The molecule has 1 aliphatic heterocycles. The molecule has 1 aromatic carbocycles. The number of ether oxygens (including phenoxy) is 1.